The first-order chi connectivity index (χ1) is 10.6. The van der Waals surface area contributed by atoms with Crippen LogP contribution in [0.1, 0.15) is 26.2 Å². The molecule has 2 aromatic rings. The van der Waals surface area contributed by atoms with E-state index in [1.807, 2.05) is 30.3 Å². The van der Waals surface area contributed by atoms with Crippen molar-refractivity contribution in [3.05, 3.63) is 47.1 Å². The minimum atomic E-state index is -0.201. The molecule has 118 valence electrons. The molecule has 6 heteroatoms. The number of aromatic nitrogens is 3. The fourth-order valence-electron chi connectivity index (χ4n) is 2.23. The number of carbonyl (C=O) groups excluding carboxylic acids is 1. The number of hydrogen-bond donors (Lipinski definition) is 0. The second-order valence-corrected chi connectivity index (χ2v) is 5.23. The van der Waals surface area contributed by atoms with Gasteiger partial charge in [0.2, 0.25) is 5.91 Å². The maximum Gasteiger partial charge on any atom is 0.345 e. The van der Waals surface area contributed by atoms with Crippen LogP contribution in [-0.4, -0.2) is 26.8 Å². The van der Waals surface area contributed by atoms with Gasteiger partial charge in [0.25, 0.3) is 0 Å². The zero-order chi connectivity index (χ0) is 15.9. The Balaban J connectivity index is 2.05. The first-order valence-electron chi connectivity index (χ1n) is 7.57. The highest BCUT2D eigenvalue weighted by atomic mass is 16.2. The van der Waals surface area contributed by atoms with Gasteiger partial charge in [-0.1, -0.05) is 31.5 Å². The molecule has 0 saturated heterocycles. The average molecular weight is 302 g/mol. The normalized spacial score (nSPS) is 10.6. The summed E-state index contributed by atoms with van der Waals surface area (Å²) in [5.74, 6) is 0.0113. The molecule has 0 unspecified atom stereocenters. The van der Waals surface area contributed by atoms with Crippen LogP contribution >= 0.6 is 0 Å². The Morgan fingerprint density at radius 3 is 2.59 bits per heavy atom. The molecule has 0 bridgehead atoms. The van der Waals surface area contributed by atoms with Crippen LogP contribution in [-0.2, 0) is 18.4 Å². The van der Waals surface area contributed by atoms with Crippen LogP contribution in [0.3, 0.4) is 0 Å². The van der Waals surface area contributed by atoms with Crippen molar-refractivity contribution in [2.45, 2.75) is 32.7 Å². The molecular formula is C16H22N4O2. The molecule has 0 atom stereocenters. The summed E-state index contributed by atoms with van der Waals surface area (Å²) in [4.78, 5) is 26.0. The lowest BCUT2D eigenvalue weighted by Crippen LogP contribution is -2.33. The zero-order valence-electron chi connectivity index (χ0n) is 13.1. The molecule has 0 aliphatic carbocycles. The van der Waals surface area contributed by atoms with Crippen LogP contribution < -0.4 is 10.6 Å². The van der Waals surface area contributed by atoms with Crippen LogP contribution in [0.25, 0.3) is 0 Å². The number of amides is 1. The van der Waals surface area contributed by atoms with Gasteiger partial charge in [-0.15, -0.1) is 0 Å². The Bertz CT molecular complexity index is 660. The molecule has 1 heterocycles. The van der Waals surface area contributed by atoms with Crippen molar-refractivity contribution in [2.75, 3.05) is 11.4 Å². The van der Waals surface area contributed by atoms with E-state index >= 15 is 0 Å². The van der Waals surface area contributed by atoms with E-state index in [1.54, 1.807) is 11.9 Å². The van der Waals surface area contributed by atoms with E-state index in [2.05, 4.69) is 12.0 Å². The summed E-state index contributed by atoms with van der Waals surface area (Å²) >= 11 is 0. The van der Waals surface area contributed by atoms with Crippen LogP contribution in [0, 0.1) is 0 Å². The van der Waals surface area contributed by atoms with Crippen molar-refractivity contribution < 1.29 is 4.79 Å². The number of carbonyl (C=O) groups is 1. The lowest BCUT2D eigenvalue weighted by molar-refractivity contribution is -0.118. The molecular weight excluding hydrogens is 280 g/mol. The fourth-order valence-corrected chi connectivity index (χ4v) is 2.23. The van der Waals surface area contributed by atoms with Gasteiger partial charge in [-0.3, -0.25) is 9.36 Å². The largest absolute Gasteiger partial charge is 0.345 e. The highest BCUT2D eigenvalue weighted by Gasteiger charge is 2.15. The number of unbranched alkanes of at least 4 members (excludes halogenated alkanes) is 1. The lowest BCUT2D eigenvalue weighted by Gasteiger charge is -2.22. The van der Waals surface area contributed by atoms with E-state index in [9.17, 15) is 9.59 Å². The number of anilines is 1. The molecule has 0 radical (unpaired) electrons. The molecule has 0 spiro atoms. The first kappa shape index (κ1) is 16.0. The van der Waals surface area contributed by atoms with Crippen molar-refractivity contribution in [1.82, 2.24) is 14.3 Å². The number of para-hydroxylation sites is 1. The van der Waals surface area contributed by atoms with Gasteiger partial charge >= 0.3 is 5.69 Å². The van der Waals surface area contributed by atoms with Gasteiger partial charge in [-0.05, 0) is 18.6 Å². The predicted molar refractivity (Wildman–Crippen MR) is 85.8 cm³/mol. The summed E-state index contributed by atoms with van der Waals surface area (Å²) in [5.41, 5.74) is 0.696. The Morgan fingerprint density at radius 2 is 2.00 bits per heavy atom. The van der Waals surface area contributed by atoms with Crippen molar-refractivity contribution in [2.24, 2.45) is 7.05 Å². The van der Waals surface area contributed by atoms with Crippen molar-refractivity contribution in [3.8, 4) is 0 Å². The first-order valence-corrected chi connectivity index (χ1v) is 7.57. The molecule has 1 aromatic carbocycles. The minimum absolute atomic E-state index is 0.0113. The predicted octanol–water partition coefficient (Wildman–Crippen LogP) is 1.81. The average Bonchev–Trinajstić information content (AvgIpc) is 2.86. The number of hydrogen-bond acceptors (Lipinski definition) is 3. The Kier molecular flexibility index (Phi) is 5.52. The van der Waals surface area contributed by atoms with E-state index in [0.29, 0.717) is 13.1 Å². The van der Waals surface area contributed by atoms with E-state index < -0.39 is 0 Å². The fraction of sp³-hybridized carbons (Fsp3) is 0.438. The topological polar surface area (TPSA) is 60.1 Å². The maximum atomic E-state index is 12.5. The Morgan fingerprint density at radius 1 is 1.27 bits per heavy atom. The highest BCUT2D eigenvalue weighted by molar-refractivity contribution is 5.93. The molecule has 6 nitrogen and oxygen atoms in total. The van der Waals surface area contributed by atoms with Gasteiger partial charge in [-0.25, -0.2) is 9.48 Å². The van der Waals surface area contributed by atoms with Gasteiger partial charge in [0.15, 0.2) is 0 Å². The summed E-state index contributed by atoms with van der Waals surface area (Å²) in [6.45, 7) is 3.09. The summed E-state index contributed by atoms with van der Waals surface area (Å²) in [7, 11) is 1.64. The molecule has 0 aliphatic rings. The standard InChI is InChI=1S/C16H22N4O2/c1-3-4-11-19(14-8-6-5-7-9-14)15(21)10-12-20-16(22)18(2)13-17-20/h5-9,13H,3-4,10-12H2,1-2H3. The quantitative estimate of drug-likeness (QED) is 0.783. The summed E-state index contributed by atoms with van der Waals surface area (Å²) in [6, 6.07) is 9.63. The molecule has 0 N–H and O–H groups in total. The van der Waals surface area contributed by atoms with E-state index in [4.69, 9.17) is 0 Å². The second-order valence-electron chi connectivity index (χ2n) is 5.23. The van der Waals surface area contributed by atoms with Crippen LogP contribution in [0.4, 0.5) is 5.69 Å². The zero-order valence-corrected chi connectivity index (χ0v) is 13.1. The summed E-state index contributed by atoms with van der Waals surface area (Å²) in [6.07, 6.45) is 3.69. The lowest BCUT2D eigenvalue weighted by atomic mass is 10.2. The van der Waals surface area contributed by atoms with Crippen LogP contribution in [0.5, 0.6) is 0 Å². The minimum Gasteiger partial charge on any atom is -0.312 e. The van der Waals surface area contributed by atoms with Crippen molar-refractivity contribution in [1.29, 1.82) is 0 Å². The molecule has 1 amide bonds. The Hall–Kier alpha value is -2.37. The van der Waals surface area contributed by atoms with Crippen LogP contribution in [0.2, 0.25) is 0 Å². The Labute approximate surface area is 130 Å². The van der Waals surface area contributed by atoms with Gasteiger partial charge in [-0.2, -0.15) is 5.10 Å². The third-order valence-electron chi connectivity index (χ3n) is 3.53. The third kappa shape index (κ3) is 3.84. The highest BCUT2D eigenvalue weighted by Crippen LogP contribution is 2.15. The molecule has 22 heavy (non-hydrogen) atoms. The summed E-state index contributed by atoms with van der Waals surface area (Å²) in [5, 5.41) is 3.98. The van der Waals surface area contributed by atoms with Gasteiger partial charge in [0.1, 0.15) is 6.33 Å². The summed E-state index contributed by atoms with van der Waals surface area (Å²) < 4.78 is 2.72. The van der Waals surface area contributed by atoms with Crippen molar-refractivity contribution >= 4 is 11.6 Å². The smallest absolute Gasteiger partial charge is 0.312 e. The second kappa shape index (κ2) is 7.59. The number of aryl methyl sites for hydroxylation is 2. The van der Waals surface area contributed by atoms with Gasteiger partial charge in [0.05, 0.1) is 6.54 Å². The van der Waals surface area contributed by atoms with Gasteiger partial charge < -0.3 is 4.90 Å². The number of rotatable bonds is 7. The van der Waals surface area contributed by atoms with Gasteiger partial charge in [0, 0.05) is 25.7 Å². The maximum absolute atomic E-state index is 12.5. The number of benzene rings is 1. The monoisotopic (exact) mass is 302 g/mol. The van der Waals surface area contributed by atoms with E-state index in [0.717, 1.165) is 18.5 Å². The van der Waals surface area contributed by atoms with Crippen LogP contribution in [0.15, 0.2) is 41.5 Å². The molecule has 1 aromatic heterocycles. The molecule has 0 aliphatic heterocycles. The molecule has 0 fully saturated rings. The molecule has 0 saturated carbocycles. The van der Waals surface area contributed by atoms with Crippen molar-refractivity contribution in [3.63, 3.8) is 0 Å². The third-order valence-corrected chi connectivity index (χ3v) is 3.53. The number of nitrogens with zero attached hydrogens (tertiary/aromatic N) is 4. The van der Waals surface area contributed by atoms with E-state index in [-0.39, 0.29) is 18.0 Å². The van der Waals surface area contributed by atoms with E-state index in [1.165, 1.54) is 15.6 Å². The SMILES string of the molecule is CCCCN(C(=O)CCn1ncn(C)c1=O)c1ccccc1. The molecule has 2 rings (SSSR count).